The third-order valence-electron chi connectivity index (χ3n) is 2.86. The van der Waals surface area contributed by atoms with E-state index in [-0.39, 0.29) is 25.6 Å². The summed E-state index contributed by atoms with van der Waals surface area (Å²) in [7, 11) is 0. The van der Waals surface area contributed by atoms with Gasteiger partial charge in [0, 0.05) is 0 Å². The molecule has 0 aliphatic carbocycles. The van der Waals surface area contributed by atoms with Crippen LogP contribution in [0, 0.1) is 0 Å². The van der Waals surface area contributed by atoms with E-state index in [4.69, 9.17) is 15.2 Å². The number of carbonyl (C=O) groups is 2. The molecule has 0 radical (unpaired) electrons. The molecule has 1 atom stereocenters. The molecule has 130 valence electrons. The van der Waals surface area contributed by atoms with Crippen LogP contribution in [0.2, 0.25) is 0 Å². The standard InChI is InChI=1S/C16H24N2O4.ClH/c1-4-22-14(19)13(18-15(20)16(2,3)17)11-21-10-12-8-6-5-7-9-12;/h5-9,13H,4,10-11,17H2,1-3H3,(H,18,20);1H/t13-;/m0./s1. The van der Waals surface area contributed by atoms with Gasteiger partial charge in [0.25, 0.3) is 0 Å². The predicted octanol–water partition coefficient (Wildman–Crippen LogP) is 1.41. The predicted molar refractivity (Wildman–Crippen MR) is 90.2 cm³/mol. The van der Waals surface area contributed by atoms with Crippen molar-refractivity contribution in [2.75, 3.05) is 13.2 Å². The van der Waals surface area contributed by atoms with E-state index in [0.717, 1.165) is 5.56 Å². The van der Waals surface area contributed by atoms with Gasteiger partial charge in [-0.05, 0) is 26.3 Å². The summed E-state index contributed by atoms with van der Waals surface area (Å²) in [6.07, 6.45) is 0. The first-order chi connectivity index (χ1) is 10.3. The molecule has 0 spiro atoms. The maximum atomic E-state index is 11.9. The molecule has 6 nitrogen and oxygen atoms in total. The summed E-state index contributed by atoms with van der Waals surface area (Å²) in [6.45, 7) is 5.43. The first-order valence-corrected chi connectivity index (χ1v) is 7.22. The van der Waals surface area contributed by atoms with Gasteiger partial charge in [-0.25, -0.2) is 4.79 Å². The van der Waals surface area contributed by atoms with Crippen LogP contribution in [0.4, 0.5) is 0 Å². The van der Waals surface area contributed by atoms with E-state index >= 15 is 0 Å². The molecule has 0 aliphatic heterocycles. The molecule has 1 aromatic carbocycles. The van der Waals surface area contributed by atoms with Crippen molar-refractivity contribution >= 4 is 24.3 Å². The Bertz CT molecular complexity index is 489. The average Bonchev–Trinajstić information content (AvgIpc) is 2.46. The molecule has 0 aliphatic rings. The molecule has 1 amide bonds. The van der Waals surface area contributed by atoms with Crippen molar-refractivity contribution in [3.05, 3.63) is 35.9 Å². The Balaban J connectivity index is 0.00000484. The number of rotatable bonds is 8. The zero-order chi connectivity index (χ0) is 16.6. The molecule has 7 heteroatoms. The Morgan fingerprint density at radius 1 is 1.26 bits per heavy atom. The number of nitrogens with one attached hydrogen (secondary N) is 1. The number of halogens is 1. The second-order valence-corrected chi connectivity index (χ2v) is 5.50. The van der Waals surface area contributed by atoms with Crippen molar-refractivity contribution in [2.45, 2.75) is 39.0 Å². The minimum Gasteiger partial charge on any atom is -0.464 e. The van der Waals surface area contributed by atoms with Crippen LogP contribution in [0.25, 0.3) is 0 Å². The van der Waals surface area contributed by atoms with Crippen molar-refractivity contribution in [1.29, 1.82) is 0 Å². The van der Waals surface area contributed by atoms with E-state index in [1.165, 1.54) is 0 Å². The second kappa shape index (κ2) is 10.2. The van der Waals surface area contributed by atoms with Crippen LogP contribution in [0.15, 0.2) is 30.3 Å². The number of carbonyl (C=O) groups excluding carboxylic acids is 2. The third-order valence-corrected chi connectivity index (χ3v) is 2.86. The quantitative estimate of drug-likeness (QED) is 0.696. The fraction of sp³-hybridized carbons (Fsp3) is 0.500. The summed E-state index contributed by atoms with van der Waals surface area (Å²) in [5.41, 5.74) is 5.62. The van der Waals surface area contributed by atoms with Gasteiger partial charge in [0.1, 0.15) is 0 Å². The number of benzene rings is 1. The Labute approximate surface area is 143 Å². The molecule has 0 unspecified atom stereocenters. The van der Waals surface area contributed by atoms with Gasteiger partial charge in [0.05, 0.1) is 25.4 Å². The number of nitrogens with two attached hydrogens (primary N) is 1. The zero-order valence-corrected chi connectivity index (χ0v) is 14.5. The Morgan fingerprint density at radius 3 is 2.39 bits per heavy atom. The van der Waals surface area contributed by atoms with Crippen LogP contribution in [0.1, 0.15) is 26.3 Å². The van der Waals surface area contributed by atoms with E-state index in [1.807, 2.05) is 30.3 Å². The molecule has 0 saturated carbocycles. The number of amides is 1. The lowest BCUT2D eigenvalue weighted by atomic mass is 10.1. The average molecular weight is 345 g/mol. The summed E-state index contributed by atoms with van der Waals surface area (Å²) in [5.74, 6) is -0.970. The third kappa shape index (κ3) is 7.97. The van der Waals surface area contributed by atoms with Crippen LogP contribution in [-0.2, 0) is 25.7 Å². The highest BCUT2D eigenvalue weighted by Gasteiger charge is 2.28. The van der Waals surface area contributed by atoms with E-state index in [9.17, 15) is 9.59 Å². The van der Waals surface area contributed by atoms with Crippen molar-refractivity contribution < 1.29 is 19.1 Å². The van der Waals surface area contributed by atoms with Gasteiger partial charge in [-0.1, -0.05) is 30.3 Å². The van der Waals surface area contributed by atoms with Crippen LogP contribution in [-0.4, -0.2) is 36.7 Å². The molecule has 0 saturated heterocycles. The van der Waals surface area contributed by atoms with Gasteiger partial charge < -0.3 is 20.5 Å². The van der Waals surface area contributed by atoms with Crippen molar-refractivity contribution in [2.24, 2.45) is 5.73 Å². The molecular weight excluding hydrogens is 320 g/mol. The summed E-state index contributed by atoms with van der Waals surface area (Å²) in [5, 5.41) is 2.56. The number of hydrogen-bond acceptors (Lipinski definition) is 5. The molecule has 0 aromatic heterocycles. The minimum absolute atomic E-state index is 0. The number of hydrogen-bond donors (Lipinski definition) is 2. The van der Waals surface area contributed by atoms with Crippen LogP contribution in [0.3, 0.4) is 0 Å². The normalized spacial score (nSPS) is 12.0. The second-order valence-electron chi connectivity index (χ2n) is 5.50. The molecule has 23 heavy (non-hydrogen) atoms. The fourth-order valence-corrected chi connectivity index (χ4v) is 1.62. The SMILES string of the molecule is CCOC(=O)[C@H](COCc1ccccc1)NC(=O)C(C)(C)N.Cl. The molecule has 0 fully saturated rings. The molecule has 0 bridgehead atoms. The summed E-state index contributed by atoms with van der Waals surface area (Å²) < 4.78 is 10.5. The molecule has 0 heterocycles. The lowest BCUT2D eigenvalue weighted by molar-refractivity contribution is -0.149. The molecule has 3 N–H and O–H groups in total. The van der Waals surface area contributed by atoms with Gasteiger partial charge in [-0.2, -0.15) is 0 Å². The first kappa shape index (κ1) is 21.4. The van der Waals surface area contributed by atoms with Gasteiger partial charge in [0.15, 0.2) is 6.04 Å². The summed E-state index contributed by atoms with van der Waals surface area (Å²) >= 11 is 0. The van der Waals surface area contributed by atoms with Crippen molar-refractivity contribution in [1.82, 2.24) is 5.32 Å². The molecular formula is C16H25ClN2O4. The Hall–Kier alpha value is -1.63. The smallest absolute Gasteiger partial charge is 0.331 e. The first-order valence-electron chi connectivity index (χ1n) is 7.22. The van der Waals surface area contributed by atoms with E-state index < -0.39 is 23.5 Å². The Morgan fingerprint density at radius 2 is 1.87 bits per heavy atom. The number of esters is 1. The van der Waals surface area contributed by atoms with Gasteiger partial charge >= 0.3 is 5.97 Å². The number of ether oxygens (including phenoxy) is 2. The highest BCUT2D eigenvalue weighted by molar-refractivity contribution is 5.89. The topological polar surface area (TPSA) is 90.6 Å². The van der Waals surface area contributed by atoms with Crippen LogP contribution in [0.5, 0.6) is 0 Å². The van der Waals surface area contributed by atoms with Crippen LogP contribution < -0.4 is 11.1 Å². The fourth-order valence-electron chi connectivity index (χ4n) is 1.62. The lowest BCUT2D eigenvalue weighted by Crippen LogP contribution is -2.55. The van der Waals surface area contributed by atoms with Crippen LogP contribution >= 0.6 is 12.4 Å². The van der Waals surface area contributed by atoms with E-state index in [0.29, 0.717) is 6.61 Å². The largest absolute Gasteiger partial charge is 0.464 e. The maximum Gasteiger partial charge on any atom is 0.331 e. The van der Waals surface area contributed by atoms with Gasteiger partial charge in [0.2, 0.25) is 5.91 Å². The van der Waals surface area contributed by atoms with E-state index in [1.54, 1.807) is 20.8 Å². The monoisotopic (exact) mass is 344 g/mol. The summed E-state index contributed by atoms with van der Waals surface area (Å²) in [6, 6.07) is 8.68. The van der Waals surface area contributed by atoms with Gasteiger partial charge in [-0.15, -0.1) is 12.4 Å². The zero-order valence-electron chi connectivity index (χ0n) is 13.7. The van der Waals surface area contributed by atoms with Crippen molar-refractivity contribution in [3.63, 3.8) is 0 Å². The molecule has 1 rings (SSSR count). The lowest BCUT2D eigenvalue weighted by Gasteiger charge is -2.23. The highest BCUT2D eigenvalue weighted by Crippen LogP contribution is 2.03. The highest BCUT2D eigenvalue weighted by atomic mass is 35.5. The van der Waals surface area contributed by atoms with Gasteiger partial charge in [-0.3, -0.25) is 4.79 Å². The van der Waals surface area contributed by atoms with E-state index in [2.05, 4.69) is 5.32 Å². The Kier molecular flexibility index (Phi) is 9.48. The minimum atomic E-state index is -1.08. The molecule has 1 aromatic rings. The maximum absolute atomic E-state index is 11.9. The van der Waals surface area contributed by atoms with Crippen molar-refractivity contribution in [3.8, 4) is 0 Å². The summed E-state index contributed by atoms with van der Waals surface area (Å²) in [4.78, 5) is 23.8.